The molecule has 19 heavy (non-hydrogen) atoms. The Bertz CT molecular complexity index is 419. The summed E-state index contributed by atoms with van der Waals surface area (Å²) in [7, 11) is 0. The Labute approximate surface area is 111 Å². The van der Waals surface area contributed by atoms with Crippen molar-refractivity contribution in [2.75, 3.05) is 26.4 Å². The quantitative estimate of drug-likeness (QED) is 0.539. The lowest BCUT2D eigenvalue weighted by Gasteiger charge is -2.07. The van der Waals surface area contributed by atoms with E-state index >= 15 is 0 Å². The molecular formula is C14H18F2O3. The zero-order chi connectivity index (χ0) is 14.3. The van der Waals surface area contributed by atoms with Crippen molar-refractivity contribution in [2.45, 2.75) is 13.8 Å². The largest absolute Gasteiger partial charge is 0.379 e. The van der Waals surface area contributed by atoms with Gasteiger partial charge in [0.15, 0.2) is 5.78 Å². The first kappa shape index (κ1) is 15.7. The lowest BCUT2D eigenvalue weighted by molar-refractivity contribution is 0.0362. The third kappa shape index (κ3) is 5.89. The van der Waals surface area contributed by atoms with Gasteiger partial charge in [-0.25, -0.2) is 8.78 Å². The maximum absolute atomic E-state index is 13.3. The fourth-order valence-electron chi connectivity index (χ4n) is 1.40. The molecule has 5 heteroatoms. The molecule has 0 fully saturated rings. The molecule has 0 saturated heterocycles. The van der Waals surface area contributed by atoms with E-state index in [0.717, 1.165) is 12.1 Å². The predicted molar refractivity (Wildman–Crippen MR) is 67.2 cm³/mol. The lowest BCUT2D eigenvalue weighted by Crippen LogP contribution is -2.15. The van der Waals surface area contributed by atoms with Gasteiger partial charge in [0, 0.05) is 12.7 Å². The van der Waals surface area contributed by atoms with Crippen molar-refractivity contribution in [3.63, 3.8) is 0 Å². The van der Waals surface area contributed by atoms with Crippen LogP contribution in [0.2, 0.25) is 0 Å². The molecule has 0 unspecified atom stereocenters. The Morgan fingerprint density at radius 3 is 2.53 bits per heavy atom. The summed E-state index contributed by atoms with van der Waals surface area (Å²) in [6.45, 7) is 5.10. The number of halogens is 2. The Morgan fingerprint density at radius 2 is 1.89 bits per heavy atom. The number of Topliss-reactive ketones (excluding diaryl/α,β-unsaturated/α-hetero) is 1. The van der Waals surface area contributed by atoms with Crippen LogP contribution in [0.15, 0.2) is 18.2 Å². The predicted octanol–water partition coefficient (Wildman–Crippen LogP) is 2.84. The third-order valence-electron chi connectivity index (χ3n) is 2.29. The van der Waals surface area contributed by atoms with E-state index in [1.165, 1.54) is 0 Å². The van der Waals surface area contributed by atoms with E-state index in [0.29, 0.717) is 25.2 Å². The highest BCUT2D eigenvalue weighted by molar-refractivity contribution is 5.97. The van der Waals surface area contributed by atoms with Crippen LogP contribution in [0.4, 0.5) is 8.78 Å². The Balaban J connectivity index is 2.28. The topological polar surface area (TPSA) is 35.5 Å². The molecular weight excluding hydrogens is 254 g/mol. The van der Waals surface area contributed by atoms with Gasteiger partial charge in [-0.2, -0.15) is 0 Å². The number of hydrogen-bond acceptors (Lipinski definition) is 3. The molecule has 0 N–H and O–H groups in total. The van der Waals surface area contributed by atoms with Crippen molar-refractivity contribution in [3.05, 3.63) is 35.4 Å². The highest BCUT2D eigenvalue weighted by Crippen LogP contribution is 2.10. The summed E-state index contributed by atoms with van der Waals surface area (Å²) >= 11 is 0. The second-order valence-corrected chi connectivity index (χ2v) is 4.57. The van der Waals surface area contributed by atoms with E-state index in [4.69, 9.17) is 9.47 Å². The van der Waals surface area contributed by atoms with Gasteiger partial charge < -0.3 is 9.47 Å². The molecule has 0 aliphatic carbocycles. The number of rotatable bonds is 8. The summed E-state index contributed by atoms with van der Waals surface area (Å²) in [5.41, 5.74) is -0.163. The molecule has 1 rings (SSSR count). The van der Waals surface area contributed by atoms with E-state index in [2.05, 4.69) is 0 Å². The van der Waals surface area contributed by atoms with Gasteiger partial charge >= 0.3 is 0 Å². The molecule has 0 atom stereocenters. The van der Waals surface area contributed by atoms with Crippen LogP contribution < -0.4 is 0 Å². The van der Waals surface area contributed by atoms with Gasteiger partial charge in [0.1, 0.15) is 18.2 Å². The van der Waals surface area contributed by atoms with Crippen molar-refractivity contribution < 1.29 is 23.0 Å². The van der Waals surface area contributed by atoms with Crippen LogP contribution in [0.5, 0.6) is 0 Å². The standard InChI is InChI=1S/C14H18F2O3/c1-10(2)8-18-5-6-19-9-14(17)12-4-3-11(15)7-13(12)16/h3-4,7,10H,5-6,8-9H2,1-2H3. The van der Waals surface area contributed by atoms with Crippen molar-refractivity contribution in [3.8, 4) is 0 Å². The SMILES string of the molecule is CC(C)COCCOCC(=O)c1ccc(F)cc1F. The van der Waals surface area contributed by atoms with Crippen molar-refractivity contribution in [1.29, 1.82) is 0 Å². The number of hydrogen-bond donors (Lipinski definition) is 0. The van der Waals surface area contributed by atoms with E-state index in [1.54, 1.807) is 0 Å². The van der Waals surface area contributed by atoms with Crippen molar-refractivity contribution >= 4 is 5.78 Å². The van der Waals surface area contributed by atoms with E-state index in [-0.39, 0.29) is 18.8 Å². The highest BCUT2D eigenvalue weighted by Gasteiger charge is 2.12. The van der Waals surface area contributed by atoms with Crippen LogP contribution in [-0.2, 0) is 9.47 Å². The first-order valence-electron chi connectivity index (χ1n) is 6.14. The monoisotopic (exact) mass is 272 g/mol. The molecule has 1 aromatic carbocycles. The average Bonchev–Trinajstić information content (AvgIpc) is 2.32. The van der Waals surface area contributed by atoms with Gasteiger partial charge in [0.25, 0.3) is 0 Å². The minimum Gasteiger partial charge on any atom is -0.379 e. The molecule has 0 spiro atoms. The number of carbonyl (C=O) groups excluding carboxylic acids is 1. The molecule has 0 radical (unpaired) electrons. The van der Waals surface area contributed by atoms with Crippen LogP contribution in [0.3, 0.4) is 0 Å². The lowest BCUT2D eigenvalue weighted by atomic mass is 10.1. The molecule has 0 aliphatic heterocycles. The number of ether oxygens (including phenoxy) is 2. The van der Waals surface area contributed by atoms with Crippen LogP contribution in [0.25, 0.3) is 0 Å². The summed E-state index contributed by atoms with van der Waals surface area (Å²) < 4.78 is 36.3. The van der Waals surface area contributed by atoms with Gasteiger partial charge in [0.05, 0.1) is 18.8 Å². The first-order chi connectivity index (χ1) is 9.00. The van der Waals surface area contributed by atoms with Crippen molar-refractivity contribution in [2.24, 2.45) is 5.92 Å². The fraction of sp³-hybridized carbons (Fsp3) is 0.500. The van der Waals surface area contributed by atoms with Crippen LogP contribution >= 0.6 is 0 Å². The zero-order valence-electron chi connectivity index (χ0n) is 11.1. The number of carbonyl (C=O) groups is 1. The summed E-state index contributed by atoms with van der Waals surface area (Å²) in [5.74, 6) is -1.65. The molecule has 0 heterocycles. The minimum absolute atomic E-state index is 0.163. The third-order valence-corrected chi connectivity index (χ3v) is 2.29. The smallest absolute Gasteiger partial charge is 0.191 e. The van der Waals surface area contributed by atoms with Crippen molar-refractivity contribution in [1.82, 2.24) is 0 Å². The Kier molecular flexibility index (Phi) is 6.59. The van der Waals surface area contributed by atoms with Crippen LogP contribution in [0, 0.1) is 17.6 Å². The number of ketones is 1. The molecule has 1 aromatic rings. The molecule has 3 nitrogen and oxygen atoms in total. The molecule has 0 bridgehead atoms. The Hall–Kier alpha value is -1.33. The second-order valence-electron chi connectivity index (χ2n) is 4.57. The van der Waals surface area contributed by atoms with Gasteiger partial charge in [-0.3, -0.25) is 4.79 Å². The molecule has 0 amide bonds. The fourth-order valence-corrected chi connectivity index (χ4v) is 1.40. The molecule has 0 aliphatic rings. The Morgan fingerprint density at radius 1 is 1.21 bits per heavy atom. The van der Waals surface area contributed by atoms with Crippen LogP contribution in [0.1, 0.15) is 24.2 Å². The zero-order valence-corrected chi connectivity index (χ0v) is 11.1. The number of benzene rings is 1. The van der Waals surface area contributed by atoms with Gasteiger partial charge in [0.2, 0.25) is 0 Å². The summed E-state index contributed by atoms with van der Waals surface area (Å²) in [6.07, 6.45) is 0. The molecule has 106 valence electrons. The van der Waals surface area contributed by atoms with Crippen LogP contribution in [-0.4, -0.2) is 32.2 Å². The van der Waals surface area contributed by atoms with E-state index in [9.17, 15) is 13.6 Å². The first-order valence-corrected chi connectivity index (χ1v) is 6.14. The summed E-state index contributed by atoms with van der Waals surface area (Å²) in [6, 6.07) is 2.84. The molecule has 0 saturated carbocycles. The van der Waals surface area contributed by atoms with E-state index in [1.807, 2.05) is 13.8 Å². The van der Waals surface area contributed by atoms with Gasteiger partial charge in [-0.1, -0.05) is 13.8 Å². The summed E-state index contributed by atoms with van der Waals surface area (Å²) in [4.78, 5) is 11.6. The normalized spacial score (nSPS) is 11.0. The van der Waals surface area contributed by atoms with E-state index < -0.39 is 17.4 Å². The van der Waals surface area contributed by atoms with Gasteiger partial charge in [-0.15, -0.1) is 0 Å². The maximum Gasteiger partial charge on any atom is 0.191 e. The average molecular weight is 272 g/mol. The second kappa shape index (κ2) is 7.96. The summed E-state index contributed by atoms with van der Waals surface area (Å²) in [5, 5.41) is 0. The molecule has 0 aromatic heterocycles. The van der Waals surface area contributed by atoms with Gasteiger partial charge in [-0.05, 0) is 18.1 Å². The maximum atomic E-state index is 13.3. The highest BCUT2D eigenvalue weighted by atomic mass is 19.1. The minimum atomic E-state index is -0.871.